The fourth-order valence-electron chi connectivity index (χ4n) is 2.00. The number of amides is 2. The third-order valence-corrected chi connectivity index (χ3v) is 3.15. The van der Waals surface area contributed by atoms with E-state index >= 15 is 0 Å². The number of carboxylic acids is 1. The fraction of sp³-hybridized carbons (Fsp3) is 0.818. The van der Waals surface area contributed by atoms with Crippen LogP contribution in [-0.4, -0.2) is 29.2 Å². The number of hydrogen-bond donors (Lipinski definition) is 3. The molecule has 1 fully saturated rings. The molecular formula is C11H20N2O3. The Kier molecular flexibility index (Phi) is 4.58. The summed E-state index contributed by atoms with van der Waals surface area (Å²) in [5.41, 5.74) is 0. The van der Waals surface area contributed by atoms with Crippen LogP contribution in [0, 0.1) is 5.92 Å². The van der Waals surface area contributed by atoms with E-state index in [2.05, 4.69) is 17.6 Å². The van der Waals surface area contributed by atoms with Crippen molar-refractivity contribution in [3.63, 3.8) is 0 Å². The number of rotatable bonds is 3. The third-order valence-electron chi connectivity index (χ3n) is 3.15. The van der Waals surface area contributed by atoms with Crippen molar-refractivity contribution in [1.82, 2.24) is 10.6 Å². The molecule has 16 heavy (non-hydrogen) atoms. The molecule has 1 rings (SSSR count). The van der Waals surface area contributed by atoms with Gasteiger partial charge < -0.3 is 15.7 Å². The van der Waals surface area contributed by atoms with Crippen LogP contribution in [0.25, 0.3) is 0 Å². The van der Waals surface area contributed by atoms with Crippen LogP contribution in [0.4, 0.5) is 4.79 Å². The molecule has 0 aromatic heterocycles. The van der Waals surface area contributed by atoms with E-state index in [0.717, 1.165) is 19.3 Å². The van der Waals surface area contributed by atoms with Gasteiger partial charge in [-0.05, 0) is 25.7 Å². The number of aliphatic carboxylic acids is 1. The van der Waals surface area contributed by atoms with E-state index in [1.807, 2.05) is 0 Å². The quantitative estimate of drug-likeness (QED) is 0.682. The van der Waals surface area contributed by atoms with Gasteiger partial charge in [-0.1, -0.05) is 19.8 Å². The number of carbonyl (C=O) groups excluding carboxylic acids is 1. The van der Waals surface area contributed by atoms with Crippen molar-refractivity contribution in [1.29, 1.82) is 0 Å². The average molecular weight is 228 g/mol. The highest BCUT2D eigenvalue weighted by atomic mass is 16.4. The highest BCUT2D eigenvalue weighted by Gasteiger charge is 2.23. The molecule has 0 radical (unpaired) electrons. The molecule has 5 nitrogen and oxygen atoms in total. The fourth-order valence-corrected chi connectivity index (χ4v) is 2.00. The van der Waals surface area contributed by atoms with Crippen molar-refractivity contribution in [2.24, 2.45) is 5.92 Å². The lowest BCUT2D eigenvalue weighted by Crippen LogP contribution is -2.50. The Bertz CT molecular complexity index is 268. The minimum atomic E-state index is -1.02. The first-order valence-electron chi connectivity index (χ1n) is 5.80. The van der Waals surface area contributed by atoms with E-state index in [1.165, 1.54) is 13.3 Å². The first-order chi connectivity index (χ1) is 7.50. The molecule has 1 saturated carbocycles. The number of urea groups is 1. The zero-order valence-corrected chi connectivity index (χ0v) is 9.82. The molecular weight excluding hydrogens is 208 g/mol. The van der Waals surface area contributed by atoms with Crippen molar-refractivity contribution < 1.29 is 14.7 Å². The summed E-state index contributed by atoms with van der Waals surface area (Å²) in [7, 11) is 0. The summed E-state index contributed by atoms with van der Waals surface area (Å²) >= 11 is 0. The van der Waals surface area contributed by atoms with Crippen molar-refractivity contribution in [3.05, 3.63) is 0 Å². The minimum absolute atomic E-state index is 0.176. The van der Waals surface area contributed by atoms with E-state index in [0.29, 0.717) is 5.92 Å². The smallest absolute Gasteiger partial charge is 0.325 e. The molecule has 0 saturated heterocycles. The predicted octanol–water partition coefficient (Wildman–Crippen LogP) is 1.34. The zero-order valence-electron chi connectivity index (χ0n) is 9.82. The van der Waals surface area contributed by atoms with Crippen molar-refractivity contribution >= 4 is 12.0 Å². The van der Waals surface area contributed by atoms with Crippen LogP contribution in [0.2, 0.25) is 0 Å². The monoisotopic (exact) mass is 228 g/mol. The summed E-state index contributed by atoms with van der Waals surface area (Å²) in [6, 6.07) is -1.05. The van der Waals surface area contributed by atoms with Gasteiger partial charge in [0.25, 0.3) is 0 Å². The van der Waals surface area contributed by atoms with Crippen LogP contribution in [-0.2, 0) is 4.79 Å². The maximum atomic E-state index is 11.5. The summed E-state index contributed by atoms with van der Waals surface area (Å²) in [6.07, 6.45) is 4.45. The first-order valence-corrected chi connectivity index (χ1v) is 5.80. The highest BCUT2D eigenvalue weighted by Crippen LogP contribution is 2.23. The van der Waals surface area contributed by atoms with Gasteiger partial charge in [-0.2, -0.15) is 0 Å². The van der Waals surface area contributed by atoms with Gasteiger partial charge in [0.2, 0.25) is 0 Å². The van der Waals surface area contributed by atoms with Crippen LogP contribution < -0.4 is 10.6 Å². The van der Waals surface area contributed by atoms with Crippen molar-refractivity contribution in [3.8, 4) is 0 Å². The molecule has 5 heteroatoms. The molecule has 0 spiro atoms. The molecule has 0 heterocycles. The highest BCUT2D eigenvalue weighted by molar-refractivity contribution is 5.82. The van der Waals surface area contributed by atoms with E-state index < -0.39 is 12.0 Å². The van der Waals surface area contributed by atoms with Crippen LogP contribution in [0.15, 0.2) is 0 Å². The molecule has 1 aliphatic carbocycles. The Labute approximate surface area is 95.6 Å². The van der Waals surface area contributed by atoms with Crippen molar-refractivity contribution in [2.45, 2.75) is 51.6 Å². The van der Waals surface area contributed by atoms with Crippen LogP contribution >= 0.6 is 0 Å². The Morgan fingerprint density at radius 1 is 1.31 bits per heavy atom. The Morgan fingerprint density at radius 2 is 1.94 bits per heavy atom. The molecule has 2 amide bonds. The normalized spacial score (nSPS) is 26.9. The Balaban J connectivity index is 2.35. The maximum Gasteiger partial charge on any atom is 0.325 e. The van der Waals surface area contributed by atoms with E-state index in [4.69, 9.17) is 5.11 Å². The number of hydrogen-bond acceptors (Lipinski definition) is 2. The third kappa shape index (κ3) is 3.72. The molecule has 0 aliphatic heterocycles. The molecule has 92 valence electrons. The van der Waals surface area contributed by atoms with Gasteiger partial charge in [-0.15, -0.1) is 0 Å². The van der Waals surface area contributed by atoms with Gasteiger partial charge in [0.1, 0.15) is 6.04 Å². The average Bonchev–Trinajstić information content (AvgIpc) is 2.21. The molecule has 0 bridgehead atoms. The van der Waals surface area contributed by atoms with Crippen LogP contribution in [0.5, 0.6) is 0 Å². The SMILES string of the molecule is CC1CCCCC1NC(=O)N[C@H](C)C(=O)O. The van der Waals surface area contributed by atoms with Crippen LogP contribution in [0.3, 0.4) is 0 Å². The van der Waals surface area contributed by atoms with E-state index in [-0.39, 0.29) is 12.1 Å². The summed E-state index contributed by atoms with van der Waals surface area (Å²) in [6.45, 7) is 3.57. The Morgan fingerprint density at radius 3 is 2.50 bits per heavy atom. The summed E-state index contributed by atoms with van der Waals surface area (Å²) < 4.78 is 0. The van der Waals surface area contributed by atoms with E-state index in [1.54, 1.807) is 0 Å². The van der Waals surface area contributed by atoms with E-state index in [9.17, 15) is 9.59 Å². The number of carbonyl (C=O) groups is 2. The summed E-state index contributed by atoms with van der Waals surface area (Å²) in [5, 5.41) is 13.9. The molecule has 3 atom stereocenters. The van der Waals surface area contributed by atoms with Crippen LogP contribution in [0.1, 0.15) is 39.5 Å². The lowest BCUT2D eigenvalue weighted by molar-refractivity contribution is -0.138. The van der Waals surface area contributed by atoms with Gasteiger partial charge >= 0.3 is 12.0 Å². The molecule has 1 aliphatic rings. The largest absolute Gasteiger partial charge is 0.480 e. The molecule has 2 unspecified atom stereocenters. The lowest BCUT2D eigenvalue weighted by atomic mass is 9.86. The summed E-state index contributed by atoms with van der Waals surface area (Å²) in [5.74, 6) is -0.550. The lowest BCUT2D eigenvalue weighted by Gasteiger charge is -2.29. The second-order valence-electron chi connectivity index (χ2n) is 4.55. The zero-order chi connectivity index (χ0) is 12.1. The second-order valence-corrected chi connectivity index (χ2v) is 4.55. The standard InChI is InChI=1S/C11H20N2O3/c1-7-5-3-4-6-9(7)13-11(16)12-8(2)10(14)15/h7-9H,3-6H2,1-2H3,(H,14,15)(H2,12,13,16)/t7?,8-,9?/m1/s1. The van der Waals surface area contributed by atoms with Gasteiger partial charge in [0.15, 0.2) is 0 Å². The number of carboxylic acid groups (broad SMARTS) is 1. The number of nitrogens with one attached hydrogen (secondary N) is 2. The molecule has 0 aromatic carbocycles. The molecule has 3 N–H and O–H groups in total. The minimum Gasteiger partial charge on any atom is -0.480 e. The van der Waals surface area contributed by atoms with Gasteiger partial charge in [-0.3, -0.25) is 4.79 Å². The topological polar surface area (TPSA) is 78.4 Å². The molecule has 0 aromatic rings. The van der Waals surface area contributed by atoms with Crippen molar-refractivity contribution in [2.75, 3.05) is 0 Å². The second kappa shape index (κ2) is 5.72. The van der Waals surface area contributed by atoms with Gasteiger partial charge in [0, 0.05) is 6.04 Å². The van der Waals surface area contributed by atoms with Gasteiger partial charge in [-0.25, -0.2) is 4.79 Å². The van der Waals surface area contributed by atoms with Gasteiger partial charge in [0.05, 0.1) is 0 Å². The Hall–Kier alpha value is -1.26. The maximum absolute atomic E-state index is 11.5. The first kappa shape index (κ1) is 12.8. The predicted molar refractivity (Wildman–Crippen MR) is 60.2 cm³/mol. The summed E-state index contributed by atoms with van der Waals surface area (Å²) in [4.78, 5) is 22.0.